The van der Waals surface area contributed by atoms with E-state index in [1.54, 1.807) is 12.1 Å². The van der Waals surface area contributed by atoms with E-state index in [0.717, 1.165) is 22.3 Å². The fourth-order valence-electron chi connectivity index (χ4n) is 3.57. The molecule has 31 heavy (non-hydrogen) atoms. The van der Waals surface area contributed by atoms with Crippen molar-refractivity contribution in [1.82, 2.24) is 9.78 Å². The summed E-state index contributed by atoms with van der Waals surface area (Å²) in [4.78, 5) is 12.7. The topological polar surface area (TPSA) is 69.0 Å². The van der Waals surface area contributed by atoms with Crippen molar-refractivity contribution in [2.24, 2.45) is 0 Å². The van der Waals surface area contributed by atoms with Gasteiger partial charge >= 0.3 is 0 Å². The van der Waals surface area contributed by atoms with Crippen LogP contribution in [0.5, 0.6) is 0 Å². The summed E-state index contributed by atoms with van der Waals surface area (Å²) in [6.45, 7) is 1.98. The molecule has 0 aliphatic heterocycles. The smallest absolute Gasteiger partial charge is 0.267 e. The normalized spacial score (nSPS) is 11.4. The van der Waals surface area contributed by atoms with Gasteiger partial charge in [-0.2, -0.15) is 9.78 Å². The third kappa shape index (κ3) is 4.49. The van der Waals surface area contributed by atoms with Gasteiger partial charge in [0.25, 0.3) is 5.56 Å². The molecule has 0 saturated carbocycles. The standard InChI is InChI=1S/C25H22N2O3S/c1-18-10-12-20(13-11-18)22-16-21(15-19-7-4-3-5-8-19)23(17-24(22)31(2,29)30)27-25(28)9-6-14-26-27/h3-14,16-17H,15H2,1-2H3. The molecule has 1 aromatic heterocycles. The highest BCUT2D eigenvalue weighted by molar-refractivity contribution is 7.90. The molecule has 0 bridgehead atoms. The van der Waals surface area contributed by atoms with Crippen LogP contribution in [0.4, 0.5) is 0 Å². The van der Waals surface area contributed by atoms with Crippen molar-refractivity contribution in [1.29, 1.82) is 0 Å². The Balaban J connectivity index is 2.02. The molecule has 156 valence electrons. The van der Waals surface area contributed by atoms with E-state index in [0.29, 0.717) is 17.7 Å². The van der Waals surface area contributed by atoms with Crippen LogP contribution in [0, 0.1) is 6.92 Å². The molecule has 6 heteroatoms. The van der Waals surface area contributed by atoms with Crippen LogP contribution >= 0.6 is 0 Å². The highest BCUT2D eigenvalue weighted by Gasteiger charge is 2.20. The second kappa shape index (κ2) is 8.32. The van der Waals surface area contributed by atoms with E-state index >= 15 is 0 Å². The summed E-state index contributed by atoms with van der Waals surface area (Å²) in [6, 6.07) is 24.0. The number of nitrogens with zero attached hydrogens (tertiary/aromatic N) is 2. The van der Waals surface area contributed by atoms with Gasteiger partial charge in [0.15, 0.2) is 9.84 Å². The van der Waals surface area contributed by atoms with Gasteiger partial charge in [-0.05, 0) is 48.2 Å². The molecule has 0 atom stereocenters. The molecule has 0 N–H and O–H groups in total. The van der Waals surface area contributed by atoms with Gasteiger partial charge in [-0.15, -0.1) is 0 Å². The summed E-state index contributed by atoms with van der Waals surface area (Å²) >= 11 is 0. The zero-order valence-corrected chi connectivity index (χ0v) is 18.1. The van der Waals surface area contributed by atoms with Gasteiger partial charge in [0, 0.05) is 24.1 Å². The van der Waals surface area contributed by atoms with Gasteiger partial charge in [-0.25, -0.2) is 8.42 Å². The molecule has 5 nitrogen and oxygen atoms in total. The maximum Gasteiger partial charge on any atom is 0.271 e. The highest BCUT2D eigenvalue weighted by atomic mass is 32.2. The quantitative estimate of drug-likeness (QED) is 0.476. The van der Waals surface area contributed by atoms with Crippen molar-refractivity contribution in [3.8, 4) is 16.8 Å². The fourth-order valence-corrected chi connectivity index (χ4v) is 4.47. The molecule has 4 rings (SSSR count). The molecule has 3 aromatic carbocycles. The Kier molecular flexibility index (Phi) is 5.57. The van der Waals surface area contributed by atoms with Crippen LogP contribution in [0.2, 0.25) is 0 Å². The minimum absolute atomic E-state index is 0.167. The molecule has 0 amide bonds. The first-order valence-corrected chi connectivity index (χ1v) is 11.7. The van der Waals surface area contributed by atoms with E-state index in [4.69, 9.17) is 0 Å². The second-order valence-corrected chi connectivity index (χ2v) is 9.54. The lowest BCUT2D eigenvalue weighted by molar-refractivity contribution is 0.602. The summed E-state index contributed by atoms with van der Waals surface area (Å²) in [5, 5.41) is 4.20. The molecule has 0 aliphatic carbocycles. The molecule has 0 aliphatic rings. The molecule has 0 saturated heterocycles. The lowest BCUT2D eigenvalue weighted by Crippen LogP contribution is -2.21. The summed E-state index contributed by atoms with van der Waals surface area (Å²) in [7, 11) is -3.57. The van der Waals surface area contributed by atoms with E-state index in [1.807, 2.05) is 67.6 Å². The summed E-state index contributed by atoms with van der Waals surface area (Å²) < 4.78 is 26.7. The zero-order valence-electron chi connectivity index (χ0n) is 17.3. The van der Waals surface area contributed by atoms with Crippen molar-refractivity contribution in [3.63, 3.8) is 0 Å². The van der Waals surface area contributed by atoms with Gasteiger partial charge in [-0.1, -0.05) is 60.2 Å². The summed E-state index contributed by atoms with van der Waals surface area (Å²) in [6.07, 6.45) is 3.23. The molecule has 0 spiro atoms. The minimum atomic E-state index is -3.57. The van der Waals surface area contributed by atoms with Gasteiger partial charge in [0.1, 0.15) is 0 Å². The third-order valence-corrected chi connectivity index (χ3v) is 6.26. The van der Waals surface area contributed by atoms with Crippen molar-refractivity contribution in [2.75, 3.05) is 6.26 Å². The van der Waals surface area contributed by atoms with Gasteiger partial charge in [0.05, 0.1) is 10.6 Å². The average molecular weight is 431 g/mol. The lowest BCUT2D eigenvalue weighted by atomic mass is 9.97. The number of aromatic nitrogens is 2. The van der Waals surface area contributed by atoms with Gasteiger partial charge in [-0.3, -0.25) is 4.79 Å². The van der Waals surface area contributed by atoms with E-state index in [-0.39, 0.29) is 10.5 Å². The third-order valence-electron chi connectivity index (χ3n) is 5.12. The van der Waals surface area contributed by atoms with Crippen molar-refractivity contribution in [2.45, 2.75) is 18.2 Å². The van der Waals surface area contributed by atoms with Gasteiger partial charge in [0.2, 0.25) is 0 Å². The van der Waals surface area contributed by atoms with Crippen LogP contribution in [-0.4, -0.2) is 24.5 Å². The molecular formula is C25H22N2O3S. The van der Waals surface area contributed by atoms with E-state index in [9.17, 15) is 13.2 Å². The molecule has 0 radical (unpaired) electrons. The van der Waals surface area contributed by atoms with E-state index in [1.165, 1.54) is 23.2 Å². The summed E-state index contributed by atoms with van der Waals surface area (Å²) in [5.74, 6) is 0. The van der Waals surface area contributed by atoms with Crippen LogP contribution in [0.25, 0.3) is 16.8 Å². The minimum Gasteiger partial charge on any atom is -0.267 e. The Morgan fingerprint density at radius 1 is 0.903 bits per heavy atom. The number of benzene rings is 3. The van der Waals surface area contributed by atoms with E-state index in [2.05, 4.69) is 5.10 Å². The Bertz CT molecular complexity index is 1390. The van der Waals surface area contributed by atoms with Crippen LogP contribution in [-0.2, 0) is 16.3 Å². The highest BCUT2D eigenvalue weighted by Crippen LogP contribution is 2.33. The Morgan fingerprint density at radius 3 is 2.26 bits per heavy atom. The van der Waals surface area contributed by atoms with Gasteiger partial charge < -0.3 is 0 Å². The van der Waals surface area contributed by atoms with Crippen LogP contribution in [0.3, 0.4) is 0 Å². The monoisotopic (exact) mass is 430 g/mol. The SMILES string of the molecule is Cc1ccc(-c2cc(Cc3ccccc3)c(-n3ncccc3=O)cc2S(C)(=O)=O)cc1. The lowest BCUT2D eigenvalue weighted by Gasteiger charge is -2.17. The fraction of sp³-hybridized carbons (Fsp3) is 0.120. The average Bonchev–Trinajstić information content (AvgIpc) is 2.75. The number of hydrogen-bond donors (Lipinski definition) is 0. The van der Waals surface area contributed by atoms with Crippen LogP contribution in [0.1, 0.15) is 16.7 Å². The number of rotatable bonds is 5. The first kappa shape index (κ1) is 20.8. The first-order chi connectivity index (χ1) is 14.8. The largest absolute Gasteiger partial charge is 0.271 e. The molecule has 4 aromatic rings. The van der Waals surface area contributed by atoms with E-state index < -0.39 is 9.84 Å². The molecule has 0 unspecified atom stereocenters. The second-order valence-electron chi connectivity index (χ2n) is 7.55. The van der Waals surface area contributed by atoms with Crippen molar-refractivity contribution in [3.05, 3.63) is 112 Å². The van der Waals surface area contributed by atoms with Crippen LogP contribution in [0.15, 0.2) is 94.7 Å². The predicted octanol–water partition coefficient (Wildman–Crippen LogP) is 4.20. The Hall–Kier alpha value is -3.51. The summed E-state index contributed by atoms with van der Waals surface area (Å²) in [5.41, 5.74) is 4.52. The maximum absolute atomic E-state index is 12.7. The predicted molar refractivity (Wildman–Crippen MR) is 122 cm³/mol. The zero-order chi connectivity index (χ0) is 22.0. The van der Waals surface area contributed by atoms with Crippen molar-refractivity contribution < 1.29 is 8.42 Å². The first-order valence-electron chi connectivity index (χ1n) is 9.85. The molecular weight excluding hydrogens is 408 g/mol. The number of hydrogen-bond acceptors (Lipinski definition) is 4. The van der Waals surface area contributed by atoms with Crippen LogP contribution < -0.4 is 5.56 Å². The number of aryl methyl sites for hydroxylation is 1. The Morgan fingerprint density at radius 2 is 1.61 bits per heavy atom. The maximum atomic E-state index is 12.7. The number of sulfone groups is 1. The van der Waals surface area contributed by atoms with Crippen molar-refractivity contribution >= 4 is 9.84 Å². The molecule has 1 heterocycles. The Labute approximate surface area is 181 Å². The molecule has 0 fully saturated rings.